The summed E-state index contributed by atoms with van der Waals surface area (Å²) in [5.41, 5.74) is 0.980. The van der Waals surface area contributed by atoms with Crippen molar-refractivity contribution in [2.24, 2.45) is 7.05 Å². The maximum Gasteiger partial charge on any atom is 0.328 e. The molecule has 1 aromatic heterocycles. The first-order valence-electron chi connectivity index (χ1n) is 4.29. The van der Waals surface area contributed by atoms with Crippen LogP contribution in [0.15, 0.2) is 27.8 Å². The van der Waals surface area contributed by atoms with Crippen molar-refractivity contribution in [2.45, 2.75) is 6.92 Å². The first-order chi connectivity index (χ1) is 6.59. The summed E-state index contributed by atoms with van der Waals surface area (Å²) in [7, 11) is 1.64. The molecule has 0 aliphatic heterocycles. The minimum atomic E-state index is -0.381. The third-order valence-corrected chi connectivity index (χ3v) is 2.28. The Morgan fingerprint density at radius 1 is 1.29 bits per heavy atom. The summed E-state index contributed by atoms with van der Waals surface area (Å²) in [6, 6.07) is 5.40. The van der Waals surface area contributed by atoms with E-state index >= 15 is 0 Å². The van der Waals surface area contributed by atoms with Gasteiger partial charge in [-0.25, -0.2) is 4.79 Å². The summed E-state index contributed by atoms with van der Waals surface area (Å²) in [4.78, 5) is 24.9. The Morgan fingerprint density at radius 3 is 2.71 bits per heavy atom. The molecule has 0 radical (unpaired) electrons. The van der Waals surface area contributed by atoms with Crippen molar-refractivity contribution in [3.05, 3.63) is 44.6 Å². The number of hydrogen-bond acceptors (Lipinski definition) is 2. The van der Waals surface area contributed by atoms with E-state index in [1.54, 1.807) is 13.1 Å². The Labute approximate surface area is 79.8 Å². The van der Waals surface area contributed by atoms with Gasteiger partial charge in [0.2, 0.25) is 0 Å². The van der Waals surface area contributed by atoms with E-state index in [4.69, 9.17) is 0 Å². The van der Waals surface area contributed by atoms with Gasteiger partial charge >= 0.3 is 5.69 Å². The van der Waals surface area contributed by atoms with Crippen LogP contribution in [0.4, 0.5) is 0 Å². The first-order valence-corrected chi connectivity index (χ1v) is 4.29. The number of benzene rings is 1. The predicted molar refractivity (Wildman–Crippen MR) is 54.5 cm³/mol. The van der Waals surface area contributed by atoms with Gasteiger partial charge in [-0.2, -0.15) is 0 Å². The molecule has 2 rings (SSSR count). The van der Waals surface area contributed by atoms with Crippen molar-refractivity contribution in [1.82, 2.24) is 9.55 Å². The summed E-state index contributed by atoms with van der Waals surface area (Å²) >= 11 is 0. The predicted octanol–water partition coefficient (Wildman–Crippen LogP) is 0.535. The van der Waals surface area contributed by atoms with Crippen LogP contribution in [0.3, 0.4) is 0 Å². The van der Waals surface area contributed by atoms with E-state index < -0.39 is 0 Å². The maximum absolute atomic E-state index is 11.4. The molecule has 4 heteroatoms. The van der Waals surface area contributed by atoms with Crippen LogP contribution in [-0.4, -0.2) is 9.55 Å². The minimum Gasteiger partial charge on any atom is -0.296 e. The van der Waals surface area contributed by atoms with Crippen LogP contribution in [0.5, 0.6) is 0 Å². The number of H-pyrrole nitrogens is 1. The van der Waals surface area contributed by atoms with Crippen molar-refractivity contribution in [3.8, 4) is 0 Å². The fraction of sp³-hybridized carbons (Fsp3) is 0.200. The summed E-state index contributed by atoms with van der Waals surface area (Å²) in [5.74, 6) is 0. The van der Waals surface area contributed by atoms with Gasteiger partial charge in [-0.05, 0) is 24.6 Å². The topological polar surface area (TPSA) is 54.9 Å². The lowest BCUT2D eigenvalue weighted by atomic mass is 10.2. The fourth-order valence-corrected chi connectivity index (χ4v) is 1.47. The molecule has 4 nitrogen and oxygen atoms in total. The van der Waals surface area contributed by atoms with Gasteiger partial charge in [-0.3, -0.25) is 14.3 Å². The average molecular weight is 190 g/mol. The second-order valence-corrected chi connectivity index (χ2v) is 3.34. The molecule has 0 saturated carbocycles. The largest absolute Gasteiger partial charge is 0.328 e. The van der Waals surface area contributed by atoms with Crippen LogP contribution < -0.4 is 11.2 Å². The van der Waals surface area contributed by atoms with Gasteiger partial charge in [0.05, 0.1) is 10.9 Å². The van der Waals surface area contributed by atoms with Gasteiger partial charge < -0.3 is 0 Å². The summed E-state index contributed by atoms with van der Waals surface area (Å²) in [6.07, 6.45) is 0. The zero-order chi connectivity index (χ0) is 10.3. The Morgan fingerprint density at radius 2 is 2.00 bits per heavy atom. The number of aromatic amines is 1. The number of aryl methyl sites for hydroxylation is 2. The zero-order valence-electron chi connectivity index (χ0n) is 8.00. The molecule has 14 heavy (non-hydrogen) atoms. The second kappa shape index (κ2) is 2.83. The Hall–Kier alpha value is -1.84. The number of aromatic nitrogens is 2. The molecule has 0 unspecified atom stereocenters. The van der Waals surface area contributed by atoms with Crippen molar-refractivity contribution >= 4 is 10.9 Å². The van der Waals surface area contributed by atoms with E-state index in [9.17, 15) is 9.59 Å². The van der Waals surface area contributed by atoms with Crippen LogP contribution in [0, 0.1) is 6.92 Å². The molecule has 0 bridgehead atoms. The van der Waals surface area contributed by atoms with Gasteiger partial charge in [-0.15, -0.1) is 0 Å². The Balaban J connectivity index is 3.11. The second-order valence-electron chi connectivity index (χ2n) is 3.34. The van der Waals surface area contributed by atoms with E-state index in [2.05, 4.69) is 4.98 Å². The van der Waals surface area contributed by atoms with Crippen LogP contribution in [0.25, 0.3) is 10.9 Å². The van der Waals surface area contributed by atoms with Gasteiger partial charge in [-0.1, -0.05) is 6.07 Å². The number of rotatable bonds is 0. The number of hydrogen-bond donors (Lipinski definition) is 1. The van der Waals surface area contributed by atoms with Crippen molar-refractivity contribution < 1.29 is 0 Å². The number of nitrogens with zero attached hydrogens (tertiary/aromatic N) is 1. The van der Waals surface area contributed by atoms with Crippen molar-refractivity contribution in [3.63, 3.8) is 0 Å². The number of fused-ring (bicyclic) bond motifs is 1. The average Bonchev–Trinajstić information content (AvgIpc) is 2.14. The molecule has 1 heterocycles. The summed E-state index contributed by atoms with van der Waals surface area (Å²) in [6.45, 7) is 1.92. The van der Waals surface area contributed by atoms with Gasteiger partial charge in [0.1, 0.15) is 0 Å². The molecule has 0 amide bonds. The minimum absolute atomic E-state index is 0.330. The summed E-state index contributed by atoms with van der Waals surface area (Å²) < 4.78 is 1.43. The highest BCUT2D eigenvalue weighted by Gasteiger charge is 2.03. The van der Waals surface area contributed by atoms with E-state index in [0.717, 1.165) is 5.56 Å². The lowest BCUT2D eigenvalue weighted by Gasteiger charge is -2.03. The van der Waals surface area contributed by atoms with Crippen LogP contribution in [0.2, 0.25) is 0 Å². The third-order valence-electron chi connectivity index (χ3n) is 2.28. The Bertz CT molecular complexity index is 608. The Kier molecular flexibility index (Phi) is 1.77. The molecule has 72 valence electrons. The normalized spacial score (nSPS) is 10.7. The van der Waals surface area contributed by atoms with Gasteiger partial charge in [0.15, 0.2) is 0 Å². The highest BCUT2D eigenvalue weighted by atomic mass is 16.2. The maximum atomic E-state index is 11.4. The zero-order valence-corrected chi connectivity index (χ0v) is 8.00. The van der Waals surface area contributed by atoms with Crippen molar-refractivity contribution in [2.75, 3.05) is 0 Å². The van der Waals surface area contributed by atoms with E-state index in [0.29, 0.717) is 10.9 Å². The molecular weight excluding hydrogens is 180 g/mol. The molecule has 0 fully saturated rings. The monoisotopic (exact) mass is 190 g/mol. The molecule has 0 aliphatic carbocycles. The molecule has 0 atom stereocenters. The first kappa shape index (κ1) is 8.74. The molecule has 0 spiro atoms. The quantitative estimate of drug-likeness (QED) is 0.659. The smallest absolute Gasteiger partial charge is 0.296 e. The van der Waals surface area contributed by atoms with Crippen LogP contribution >= 0.6 is 0 Å². The number of nitrogens with one attached hydrogen (secondary N) is 1. The van der Waals surface area contributed by atoms with Crippen LogP contribution in [-0.2, 0) is 7.05 Å². The van der Waals surface area contributed by atoms with Crippen molar-refractivity contribution in [1.29, 1.82) is 0 Å². The summed E-state index contributed by atoms with van der Waals surface area (Å²) in [5, 5.41) is 0.540. The lowest BCUT2D eigenvalue weighted by Crippen LogP contribution is -2.28. The third kappa shape index (κ3) is 1.16. The molecule has 1 N–H and O–H groups in total. The van der Waals surface area contributed by atoms with E-state index in [-0.39, 0.29) is 11.2 Å². The standard InChI is InChI=1S/C10H10N2O2/c1-6-3-4-7-8(5-6)12(2)10(14)11-9(7)13/h3-5H,1-2H3,(H,11,13,14). The van der Waals surface area contributed by atoms with E-state index in [1.807, 2.05) is 19.1 Å². The SMILES string of the molecule is Cc1ccc2c(=O)[nH]c(=O)n(C)c2c1. The molecule has 2 aromatic rings. The molecule has 0 aliphatic rings. The van der Waals surface area contributed by atoms with Gasteiger partial charge in [0.25, 0.3) is 5.56 Å². The van der Waals surface area contributed by atoms with Gasteiger partial charge in [0, 0.05) is 7.05 Å². The molecular formula is C10H10N2O2. The highest BCUT2D eigenvalue weighted by Crippen LogP contribution is 2.08. The van der Waals surface area contributed by atoms with Crippen LogP contribution in [0.1, 0.15) is 5.56 Å². The molecule has 0 saturated heterocycles. The lowest BCUT2D eigenvalue weighted by molar-refractivity contribution is 0.842. The van der Waals surface area contributed by atoms with E-state index in [1.165, 1.54) is 4.57 Å². The highest BCUT2D eigenvalue weighted by molar-refractivity contribution is 5.78. The fourth-order valence-electron chi connectivity index (χ4n) is 1.47. The molecule has 1 aromatic carbocycles.